The highest BCUT2D eigenvalue weighted by Gasteiger charge is 2.13. The van der Waals surface area contributed by atoms with Crippen LogP contribution in [0.3, 0.4) is 0 Å². The van der Waals surface area contributed by atoms with Crippen LogP contribution in [-0.4, -0.2) is 12.0 Å². The summed E-state index contributed by atoms with van der Waals surface area (Å²) in [5, 5.41) is 12.8. The van der Waals surface area contributed by atoms with Gasteiger partial charge < -0.3 is 10.1 Å². The van der Waals surface area contributed by atoms with Gasteiger partial charge in [0.1, 0.15) is 17.4 Å². The lowest BCUT2D eigenvalue weighted by molar-refractivity contribution is -0.112. The molecule has 2 aromatic carbocycles. The fourth-order valence-electron chi connectivity index (χ4n) is 2.05. The maximum absolute atomic E-state index is 12.4. The molecule has 128 valence electrons. The standard InChI is InChI=1S/C19H16Cl2N2O2/c1-12(2)25-18-8-7-15(20)10-13(18)9-14(11-22)19(24)23-17-6-4-3-5-16(17)21/h3-10,12H,1-2H3,(H,23,24)/b14-9+. The Hall–Kier alpha value is -2.48. The van der Waals surface area contributed by atoms with Crippen molar-refractivity contribution in [3.63, 3.8) is 0 Å². The summed E-state index contributed by atoms with van der Waals surface area (Å²) in [5.74, 6) is -0.0243. The molecule has 0 atom stereocenters. The zero-order valence-electron chi connectivity index (χ0n) is 13.7. The van der Waals surface area contributed by atoms with Gasteiger partial charge in [0.2, 0.25) is 0 Å². The van der Waals surface area contributed by atoms with Crippen molar-refractivity contribution in [1.82, 2.24) is 0 Å². The van der Waals surface area contributed by atoms with Gasteiger partial charge >= 0.3 is 0 Å². The average molecular weight is 375 g/mol. The summed E-state index contributed by atoms with van der Waals surface area (Å²) < 4.78 is 5.70. The van der Waals surface area contributed by atoms with Crippen molar-refractivity contribution in [2.45, 2.75) is 20.0 Å². The molecular weight excluding hydrogens is 359 g/mol. The van der Waals surface area contributed by atoms with Crippen molar-refractivity contribution in [2.24, 2.45) is 0 Å². The molecule has 0 aliphatic carbocycles. The summed E-state index contributed by atoms with van der Waals surface area (Å²) in [7, 11) is 0. The van der Waals surface area contributed by atoms with Crippen molar-refractivity contribution in [3.8, 4) is 11.8 Å². The van der Waals surface area contributed by atoms with E-state index >= 15 is 0 Å². The fraction of sp³-hybridized carbons (Fsp3) is 0.158. The maximum Gasteiger partial charge on any atom is 0.266 e. The summed E-state index contributed by atoms with van der Waals surface area (Å²) in [6.07, 6.45) is 1.38. The lowest BCUT2D eigenvalue weighted by atomic mass is 10.1. The van der Waals surface area contributed by atoms with Crippen LogP contribution in [0.2, 0.25) is 10.0 Å². The predicted octanol–water partition coefficient (Wildman–Crippen LogP) is 5.33. The van der Waals surface area contributed by atoms with Gasteiger partial charge in [-0.25, -0.2) is 0 Å². The average Bonchev–Trinajstić information content (AvgIpc) is 2.56. The van der Waals surface area contributed by atoms with Crippen LogP contribution in [0.15, 0.2) is 48.0 Å². The number of ether oxygens (including phenoxy) is 1. The number of rotatable bonds is 5. The number of nitrogens with zero attached hydrogens (tertiary/aromatic N) is 1. The van der Waals surface area contributed by atoms with Gasteiger partial charge in [-0.3, -0.25) is 4.79 Å². The quantitative estimate of drug-likeness (QED) is 0.568. The second kappa shape index (κ2) is 8.57. The zero-order chi connectivity index (χ0) is 18.4. The highest BCUT2D eigenvalue weighted by molar-refractivity contribution is 6.34. The highest BCUT2D eigenvalue weighted by atomic mass is 35.5. The number of para-hydroxylation sites is 1. The van der Waals surface area contributed by atoms with E-state index in [1.165, 1.54) is 6.08 Å². The van der Waals surface area contributed by atoms with Gasteiger partial charge in [0.05, 0.1) is 16.8 Å². The van der Waals surface area contributed by atoms with Gasteiger partial charge in [-0.15, -0.1) is 0 Å². The second-order valence-electron chi connectivity index (χ2n) is 5.45. The van der Waals surface area contributed by atoms with Crippen LogP contribution < -0.4 is 10.1 Å². The van der Waals surface area contributed by atoms with Crippen LogP contribution in [0, 0.1) is 11.3 Å². The van der Waals surface area contributed by atoms with Crippen molar-refractivity contribution < 1.29 is 9.53 Å². The second-order valence-corrected chi connectivity index (χ2v) is 6.30. The molecular formula is C19H16Cl2N2O2. The van der Waals surface area contributed by atoms with E-state index in [9.17, 15) is 10.1 Å². The summed E-state index contributed by atoms with van der Waals surface area (Å²) in [4.78, 5) is 12.4. The number of hydrogen-bond donors (Lipinski definition) is 1. The molecule has 0 heterocycles. The molecule has 1 N–H and O–H groups in total. The largest absolute Gasteiger partial charge is 0.490 e. The first-order valence-electron chi connectivity index (χ1n) is 7.54. The molecule has 4 nitrogen and oxygen atoms in total. The van der Waals surface area contributed by atoms with E-state index in [1.54, 1.807) is 42.5 Å². The molecule has 0 aliphatic heterocycles. The van der Waals surface area contributed by atoms with Crippen LogP contribution in [0.25, 0.3) is 6.08 Å². The Bertz CT molecular complexity index is 855. The molecule has 0 aliphatic rings. The van der Waals surface area contributed by atoms with Crippen molar-refractivity contribution in [1.29, 1.82) is 5.26 Å². The van der Waals surface area contributed by atoms with Crippen LogP contribution in [0.5, 0.6) is 5.75 Å². The first-order chi connectivity index (χ1) is 11.9. The number of carbonyl (C=O) groups excluding carboxylic acids is 1. The Morgan fingerprint density at radius 2 is 1.96 bits per heavy atom. The third kappa shape index (κ3) is 5.25. The number of anilines is 1. The molecule has 0 aromatic heterocycles. The topological polar surface area (TPSA) is 62.1 Å². The van der Waals surface area contributed by atoms with E-state index < -0.39 is 5.91 Å². The minimum Gasteiger partial charge on any atom is -0.490 e. The normalized spacial score (nSPS) is 11.1. The summed E-state index contributed by atoms with van der Waals surface area (Å²) in [6, 6.07) is 13.7. The molecule has 2 rings (SSSR count). The van der Waals surface area contributed by atoms with Gasteiger partial charge in [-0.2, -0.15) is 5.26 Å². The summed E-state index contributed by atoms with van der Waals surface area (Å²) >= 11 is 12.0. The molecule has 6 heteroatoms. The first-order valence-corrected chi connectivity index (χ1v) is 8.30. The Kier molecular flexibility index (Phi) is 6.46. The minimum absolute atomic E-state index is 0.0594. The summed E-state index contributed by atoms with van der Waals surface area (Å²) in [5.41, 5.74) is 0.892. The smallest absolute Gasteiger partial charge is 0.266 e. The Morgan fingerprint density at radius 1 is 1.24 bits per heavy atom. The summed E-state index contributed by atoms with van der Waals surface area (Å²) in [6.45, 7) is 3.77. The Morgan fingerprint density at radius 3 is 2.60 bits per heavy atom. The van der Waals surface area contributed by atoms with Gasteiger partial charge in [-0.05, 0) is 50.3 Å². The Labute approximate surface area is 156 Å². The number of hydrogen-bond acceptors (Lipinski definition) is 3. The van der Waals surface area contributed by atoms with Gasteiger partial charge in [0, 0.05) is 10.6 Å². The number of nitrogens with one attached hydrogen (secondary N) is 1. The lowest BCUT2D eigenvalue weighted by Gasteiger charge is -2.13. The highest BCUT2D eigenvalue weighted by Crippen LogP contribution is 2.27. The number of amides is 1. The van der Waals surface area contributed by atoms with E-state index in [-0.39, 0.29) is 11.7 Å². The van der Waals surface area contributed by atoms with Crippen LogP contribution in [0.1, 0.15) is 19.4 Å². The number of carbonyl (C=O) groups is 1. The zero-order valence-corrected chi connectivity index (χ0v) is 15.2. The molecule has 0 unspecified atom stereocenters. The maximum atomic E-state index is 12.4. The number of benzene rings is 2. The predicted molar refractivity (Wildman–Crippen MR) is 101 cm³/mol. The van der Waals surface area contributed by atoms with Crippen molar-refractivity contribution >= 4 is 40.9 Å². The van der Waals surface area contributed by atoms with E-state index in [4.69, 9.17) is 27.9 Å². The van der Waals surface area contributed by atoms with E-state index in [1.807, 2.05) is 19.9 Å². The van der Waals surface area contributed by atoms with Crippen molar-refractivity contribution in [3.05, 3.63) is 63.6 Å². The molecule has 1 amide bonds. The number of nitriles is 1. The number of halogens is 2. The van der Waals surface area contributed by atoms with Crippen molar-refractivity contribution in [2.75, 3.05) is 5.32 Å². The molecule has 2 aromatic rings. The van der Waals surface area contributed by atoms with Crippen LogP contribution >= 0.6 is 23.2 Å². The Balaban J connectivity index is 2.34. The van der Waals surface area contributed by atoms with E-state index in [2.05, 4.69) is 5.32 Å². The van der Waals surface area contributed by atoms with E-state index in [0.29, 0.717) is 27.0 Å². The fourth-order valence-corrected chi connectivity index (χ4v) is 2.41. The molecule has 0 fully saturated rings. The molecule has 0 bridgehead atoms. The lowest BCUT2D eigenvalue weighted by Crippen LogP contribution is -2.14. The third-order valence-electron chi connectivity index (χ3n) is 3.12. The van der Waals surface area contributed by atoms with Crippen LogP contribution in [0.4, 0.5) is 5.69 Å². The van der Waals surface area contributed by atoms with Gasteiger partial charge in [-0.1, -0.05) is 35.3 Å². The first kappa shape index (κ1) is 18.9. The molecule has 0 spiro atoms. The monoisotopic (exact) mass is 374 g/mol. The minimum atomic E-state index is -0.564. The third-order valence-corrected chi connectivity index (χ3v) is 3.69. The van der Waals surface area contributed by atoms with E-state index in [0.717, 1.165) is 0 Å². The van der Waals surface area contributed by atoms with Crippen LogP contribution in [-0.2, 0) is 4.79 Å². The molecule has 0 saturated heterocycles. The molecule has 25 heavy (non-hydrogen) atoms. The SMILES string of the molecule is CC(C)Oc1ccc(Cl)cc1/C=C(\C#N)C(=O)Nc1ccccc1Cl. The molecule has 0 radical (unpaired) electrons. The van der Waals surface area contributed by atoms with Gasteiger partial charge in [0.15, 0.2) is 0 Å². The van der Waals surface area contributed by atoms with Gasteiger partial charge in [0.25, 0.3) is 5.91 Å². The molecule has 0 saturated carbocycles.